The summed E-state index contributed by atoms with van der Waals surface area (Å²) in [6.45, 7) is 0. The first-order chi connectivity index (χ1) is 20.4. The molecule has 2 nitrogen and oxygen atoms in total. The van der Waals surface area contributed by atoms with Crippen LogP contribution >= 0.6 is 46.4 Å². The first kappa shape index (κ1) is 29.6. The summed E-state index contributed by atoms with van der Waals surface area (Å²) in [5, 5.41) is 2.65. The molecule has 0 spiro atoms. The number of rotatable bonds is 8. The zero-order valence-electron chi connectivity index (χ0n) is 22.3. The molecule has 0 atom stereocenters. The summed E-state index contributed by atoms with van der Waals surface area (Å²) >= 11 is 24.9. The van der Waals surface area contributed by atoms with E-state index in [4.69, 9.17) is 56.4 Å². The Labute approximate surface area is 265 Å². The van der Waals surface area contributed by atoms with Crippen LogP contribution in [0.5, 0.6) is 0 Å². The summed E-state index contributed by atoms with van der Waals surface area (Å²) in [7, 11) is 0. The fraction of sp³-hybridized carbons (Fsp3) is 0. The van der Waals surface area contributed by atoms with Gasteiger partial charge in [0.25, 0.3) is 0 Å². The topological polar surface area (TPSA) is 25.8 Å². The number of aromatic nitrogens is 2. The lowest BCUT2D eigenvalue weighted by molar-refractivity contribution is 1.12. The summed E-state index contributed by atoms with van der Waals surface area (Å²) in [6, 6.07) is 30.6. The summed E-state index contributed by atoms with van der Waals surface area (Å²) in [5.74, 6) is 0. The van der Waals surface area contributed by atoms with Crippen molar-refractivity contribution < 1.29 is 0 Å². The lowest BCUT2D eigenvalue weighted by Crippen LogP contribution is -1.99. The molecule has 5 rings (SSSR count). The molecule has 0 N–H and O–H groups in total. The molecule has 0 saturated carbocycles. The predicted molar refractivity (Wildman–Crippen MR) is 184 cm³/mol. The quantitative estimate of drug-likeness (QED) is 0.171. The van der Waals surface area contributed by atoms with E-state index in [-0.39, 0.29) is 0 Å². The number of hydrogen-bond donors (Lipinski definition) is 0. The summed E-state index contributed by atoms with van der Waals surface area (Å²) < 4.78 is 0. The molecule has 0 bridgehead atoms. The van der Waals surface area contributed by atoms with Crippen LogP contribution in [-0.2, 0) is 0 Å². The predicted octanol–water partition coefficient (Wildman–Crippen LogP) is 11.8. The fourth-order valence-electron chi connectivity index (χ4n) is 4.12. The molecule has 1 heterocycles. The number of halogens is 4. The van der Waals surface area contributed by atoms with Gasteiger partial charge in [-0.2, -0.15) is 0 Å². The highest BCUT2D eigenvalue weighted by atomic mass is 35.5. The Morgan fingerprint density at radius 1 is 0.333 bits per heavy atom. The summed E-state index contributed by atoms with van der Waals surface area (Å²) in [4.78, 5) is 10.1. The molecule has 4 aromatic carbocycles. The largest absolute Gasteiger partial charge is 0.245 e. The van der Waals surface area contributed by atoms with Gasteiger partial charge in [0.1, 0.15) is 0 Å². The third-order valence-corrected chi connectivity index (χ3v) is 7.08. The van der Waals surface area contributed by atoms with Crippen LogP contribution in [0.1, 0.15) is 45.0 Å². The molecule has 0 aliphatic carbocycles. The Balaban J connectivity index is 1.63. The Kier molecular flexibility index (Phi) is 10.1. The van der Waals surface area contributed by atoms with Crippen molar-refractivity contribution in [1.82, 2.24) is 9.97 Å². The van der Waals surface area contributed by atoms with Crippen molar-refractivity contribution in [2.75, 3.05) is 0 Å². The monoisotopic (exact) mass is 624 g/mol. The molecule has 0 radical (unpaired) electrons. The van der Waals surface area contributed by atoms with E-state index in [9.17, 15) is 0 Å². The minimum Gasteiger partial charge on any atom is -0.245 e. The lowest BCUT2D eigenvalue weighted by atomic mass is 10.1. The molecule has 206 valence electrons. The van der Waals surface area contributed by atoms with Crippen LogP contribution in [0.2, 0.25) is 20.1 Å². The minimum absolute atomic E-state index is 0.663. The molecule has 0 fully saturated rings. The minimum atomic E-state index is 0.663. The SMILES string of the molecule is Clc1cccc(/C=C/c2nc(/C=C/c3cccc(Cl)c3)c(/C=C/c3cccc(Cl)c3)nc2/C=C/c2cccc(Cl)c2)c1. The first-order valence-corrected chi connectivity index (χ1v) is 14.6. The zero-order valence-corrected chi connectivity index (χ0v) is 25.3. The van der Waals surface area contributed by atoms with Crippen molar-refractivity contribution in [1.29, 1.82) is 0 Å². The van der Waals surface area contributed by atoms with Crippen LogP contribution in [0.4, 0.5) is 0 Å². The summed E-state index contributed by atoms with van der Waals surface area (Å²) in [6.07, 6.45) is 15.7. The number of hydrogen-bond acceptors (Lipinski definition) is 2. The molecule has 0 amide bonds. The molecular weight excluding hydrogens is 602 g/mol. The van der Waals surface area contributed by atoms with E-state index in [0.29, 0.717) is 42.9 Å². The van der Waals surface area contributed by atoms with Gasteiger partial charge in [-0.05, 0) is 95.1 Å². The van der Waals surface area contributed by atoms with Gasteiger partial charge in [0.2, 0.25) is 0 Å². The van der Waals surface area contributed by atoms with Gasteiger partial charge in [-0.25, -0.2) is 9.97 Å². The Hall–Kier alpha value is -3.92. The molecular formula is C36H24Cl4N2. The van der Waals surface area contributed by atoms with E-state index in [1.54, 1.807) is 0 Å². The van der Waals surface area contributed by atoms with Gasteiger partial charge in [0.15, 0.2) is 0 Å². The van der Waals surface area contributed by atoms with Gasteiger partial charge in [-0.3, -0.25) is 0 Å². The van der Waals surface area contributed by atoms with Gasteiger partial charge in [-0.1, -0.05) is 119 Å². The van der Waals surface area contributed by atoms with Crippen LogP contribution in [0.25, 0.3) is 48.6 Å². The van der Waals surface area contributed by atoms with E-state index in [1.807, 2.05) is 146 Å². The maximum atomic E-state index is 6.22. The van der Waals surface area contributed by atoms with Gasteiger partial charge >= 0.3 is 0 Å². The molecule has 0 saturated heterocycles. The average molecular weight is 626 g/mol. The van der Waals surface area contributed by atoms with Crippen molar-refractivity contribution in [2.24, 2.45) is 0 Å². The van der Waals surface area contributed by atoms with Gasteiger partial charge in [-0.15, -0.1) is 0 Å². The second-order valence-corrected chi connectivity index (χ2v) is 11.1. The summed E-state index contributed by atoms with van der Waals surface area (Å²) in [5.41, 5.74) is 6.59. The second-order valence-electron chi connectivity index (χ2n) is 9.32. The highest BCUT2D eigenvalue weighted by molar-refractivity contribution is 6.31. The van der Waals surface area contributed by atoms with Crippen LogP contribution in [0, 0.1) is 0 Å². The Bertz CT molecular complexity index is 1570. The van der Waals surface area contributed by atoms with Crippen molar-refractivity contribution >= 4 is 95.0 Å². The maximum Gasteiger partial charge on any atom is 0.0894 e. The standard InChI is InChI=1S/C36H24Cl4N2/c37-29-9-1-5-25(21-29)13-17-33-34(18-14-26-6-2-10-30(38)22-26)42-36(20-16-28-8-4-12-32(40)24-28)35(41-33)19-15-27-7-3-11-31(39)23-27/h1-24H/b17-13+,18-14+,19-15+,20-16+. The fourth-order valence-corrected chi connectivity index (χ4v) is 4.92. The van der Waals surface area contributed by atoms with Crippen LogP contribution in [-0.4, -0.2) is 9.97 Å². The van der Waals surface area contributed by atoms with Crippen molar-refractivity contribution in [3.05, 3.63) is 162 Å². The van der Waals surface area contributed by atoms with Crippen LogP contribution < -0.4 is 0 Å². The maximum absolute atomic E-state index is 6.22. The van der Waals surface area contributed by atoms with Gasteiger partial charge < -0.3 is 0 Å². The normalized spacial score (nSPS) is 11.9. The Morgan fingerprint density at radius 3 is 0.786 bits per heavy atom. The third kappa shape index (κ3) is 8.55. The lowest BCUT2D eigenvalue weighted by Gasteiger charge is -2.08. The molecule has 0 aliphatic rings. The van der Waals surface area contributed by atoms with Crippen molar-refractivity contribution in [3.8, 4) is 0 Å². The van der Waals surface area contributed by atoms with Crippen LogP contribution in [0.15, 0.2) is 97.1 Å². The van der Waals surface area contributed by atoms with E-state index in [0.717, 1.165) is 22.3 Å². The number of nitrogens with zero attached hydrogens (tertiary/aromatic N) is 2. The van der Waals surface area contributed by atoms with E-state index >= 15 is 0 Å². The smallest absolute Gasteiger partial charge is 0.0894 e. The molecule has 42 heavy (non-hydrogen) atoms. The first-order valence-electron chi connectivity index (χ1n) is 13.1. The van der Waals surface area contributed by atoms with Gasteiger partial charge in [0, 0.05) is 20.1 Å². The molecule has 6 heteroatoms. The highest BCUT2D eigenvalue weighted by Crippen LogP contribution is 2.22. The van der Waals surface area contributed by atoms with Crippen LogP contribution in [0.3, 0.4) is 0 Å². The van der Waals surface area contributed by atoms with Crippen molar-refractivity contribution in [3.63, 3.8) is 0 Å². The molecule has 1 aromatic heterocycles. The third-order valence-electron chi connectivity index (χ3n) is 6.14. The Morgan fingerprint density at radius 2 is 0.571 bits per heavy atom. The zero-order chi connectivity index (χ0) is 29.3. The van der Waals surface area contributed by atoms with E-state index in [2.05, 4.69) is 0 Å². The highest BCUT2D eigenvalue weighted by Gasteiger charge is 2.09. The van der Waals surface area contributed by atoms with E-state index < -0.39 is 0 Å². The average Bonchev–Trinajstić information content (AvgIpc) is 2.97. The second kappa shape index (κ2) is 14.3. The van der Waals surface area contributed by atoms with E-state index in [1.165, 1.54) is 0 Å². The van der Waals surface area contributed by atoms with Crippen molar-refractivity contribution in [2.45, 2.75) is 0 Å². The molecule has 5 aromatic rings. The molecule has 0 aliphatic heterocycles. The van der Waals surface area contributed by atoms with Gasteiger partial charge in [0.05, 0.1) is 22.8 Å². The number of benzene rings is 4. The molecule has 0 unspecified atom stereocenters.